The van der Waals surface area contributed by atoms with Crippen LogP contribution in [-0.4, -0.2) is 190 Å². The molecule has 6 aliphatic rings. The van der Waals surface area contributed by atoms with E-state index < -0.39 is 216 Å². The van der Waals surface area contributed by atoms with Gasteiger partial charge in [0.2, 0.25) is 11.6 Å². The van der Waals surface area contributed by atoms with Gasteiger partial charge in [-0.15, -0.1) is 0 Å². The van der Waals surface area contributed by atoms with Crippen LogP contribution in [0.5, 0.6) is 34.5 Å². The number of nitrogens with zero attached hydrogens (tertiary/aromatic N) is 1. The van der Waals surface area contributed by atoms with Crippen molar-refractivity contribution in [2.24, 2.45) is 11.7 Å². The number of ketones is 6. The number of hydrogen-bond donors (Lipinski definition) is 12. The molecule has 10 rings (SSSR count). The molecular weight excluding hydrogens is 1130 g/mol. The molecule has 0 aromatic heterocycles. The molecule has 1 amide bonds. The molecule has 4 aromatic rings. The summed E-state index contributed by atoms with van der Waals surface area (Å²) in [6, 6.07) is 4.33. The van der Waals surface area contributed by atoms with E-state index in [-0.39, 0.29) is 68.3 Å². The number of carbonyl (C=O) groups excluding carboxylic acids is 7. The van der Waals surface area contributed by atoms with Crippen molar-refractivity contribution in [2.75, 3.05) is 27.4 Å². The van der Waals surface area contributed by atoms with Crippen LogP contribution in [0.25, 0.3) is 0 Å². The molecule has 2 saturated heterocycles. The molecule has 2 fully saturated rings. The Bertz CT molecular complexity index is 3510. The number of amides is 1. The minimum atomic E-state index is -2.53. The minimum absolute atomic E-state index is 0.0182. The predicted octanol–water partition coefficient (Wildman–Crippen LogP) is 0.805. The maximum Gasteiger partial charge on any atom is 0.253 e. The molecule has 0 bridgehead atoms. The number of fused-ring (bicyclic) bond motifs is 6. The van der Waals surface area contributed by atoms with Crippen LogP contribution < -0.4 is 20.6 Å². The smallest absolute Gasteiger partial charge is 0.253 e. The first-order valence-corrected chi connectivity index (χ1v) is 27.9. The summed E-state index contributed by atoms with van der Waals surface area (Å²) in [5.41, 5.74) is -0.139. The zero-order valence-electron chi connectivity index (χ0n) is 47.6. The van der Waals surface area contributed by atoms with E-state index in [0.717, 1.165) is 5.01 Å². The third-order valence-corrected chi connectivity index (χ3v) is 17.4. The molecule has 8 unspecified atom stereocenters. The number of methoxy groups -OCH3 is 2. The van der Waals surface area contributed by atoms with Gasteiger partial charge in [0, 0.05) is 71.9 Å². The van der Waals surface area contributed by atoms with Crippen LogP contribution in [0.2, 0.25) is 0 Å². The maximum atomic E-state index is 14.9. The van der Waals surface area contributed by atoms with E-state index in [9.17, 15) is 84.6 Å². The molecule has 13 N–H and O–H groups in total. The number of hydrazine groups is 1. The fraction of sp³-hybridized carbons (Fsp3) is 0.483. The molecule has 4 aromatic carbocycles. The van der Waals surface area contributed by atoms with Crippen LogP contribution in [0.3, 0.4) is 0 Å². The predicted molar refractivity (Wildman–Crippen MR) is 293 cm³/mol. The fourth-order valence-corrected chi connectivity index (χ4v) is 13.1. The van der Waals surface area contributed by atoms with Gasteiger partial charge < -0.3 is 85.2 Å². The Morgan fingerprint density at radius 1 is 0.651 bits per heavy atom. The van der Waals surface area contributed by atoms with Gasteiger partial charge in [0.1, 0.15) is 65.0 Å². The van der Waals surface area contributed by atoms with Gasteiger partial charge in [-0.2, -0.15) is 0 Å². The first-order valence-electron chi connectivity index (χ1n) is 27.9. The molecule has 13 atom stereocenters. The standard InChI is InChI=1S/C60H67N3O23/c1-22(2)13-29(61)58(78)63(31-15-39(84-24(4)49(31)69)86-35-19-60(80,37(67)21-65)17-28-43(35)57(77)47-45(53(28)73)51(71)26-10-8-12-33(82-6)41(26)55(47)75)62-30-14-38(83-23(3)48(30)68)85-34-18-59(79,36(66)20-64)16-27-42(34)56(76)46-44(52(27)72)50(70)25-9-7-11-32(81-5)40(25)54(46)74/h7-12,22-24,29-31,34-35,38-39,48-49,62,64-65,68-69,72-73,76-77,79-80H,13-21,61H2,1-6H3/t23?,24?,29-,30?,31?,34-,35-,38?,39?,48?,49?,59-,60-/m0/s1. The summed E-state index contributed by atoms with van der Waals surface area (Å²) in [5, 5.41) is 117. The van der Waals surface area contributed by atoms with Gasteiger partial charge >= 0.3 is 0 Å². The van der Waals surface area contributed by atoms with Crippen LogP contribution in [0.4, 0.5) is 0 Å². The van der Waals surface area contributed by atoms with Gasteiger partial charge in [-0.3, -0.25) is 38.6 Å². The maximum absolute atomic E-state index is 14.9. The third kappa shape index (κ3) is 10.1. The monoisotopic (exact) mass is 1200 g/mol. The van der Waals surface area contributed by atoms with Crippen molar-refractivity contribution < 1.29 is 113 Å². The summed E-state index contributed by atoms with van der Waals surface area (Å²) in [7, 11) is 2.52. The Balaban J connectivity index is 0.992. The second-order valence-electron chi connectivity index (χ2n) is 23.2. The van der Waals surface area contributed by atoms with Crippen molar-refractivity contribution in [2.45, 2.75) is 151 Å². The highest BCUT2D eigenvalue weighted by atomic mass is 16.7. The zero-order valence-corrected chi connectivity index (χ0v) is 47.6. The Morgan fingerprint density at radius 2 is 1.07 bits per heavy atom. The zero-order chi connectivity index (χ0) is 62.5. The third-order valence-electron chi connectivity index (χ3n) is 17.4. The molecule has 0 radical (unpaired) electrons. The molecule has 2 heterocycles. The van der Waals surface area contributed by atoms with Crippen LogP contribution in [0, 0.1) is 5.92 Å². The number of ether oxygens (including phenoxy) is 6. The average molecular weight is 1200 g/mol. The topological polar surface area (TPSA) is 418 Å². The SMILES string of the molecule is COc1cccc2c1C(=O)c1c(O)c3c(c(O)c1C2=O)C[C@@](O)(C(=O)CO)C[C@@H]3OC1CC(NN(C(=O)[C@@H](N)CC(C)C)C2CC(O[C@H]3C[C@](O)(C(=O)CO)Cc4c(O)c5c(c(O)c43)C(=O)c3c(OC)cccc3C5=O)OC(C)C2O)C(O)C(C)O1. The number of rotatable bonds is 16. The van der Waals surface area contributed by atoms with E-state index in [4.69, 9.17) is 34.2 Å². The van der Waals surface area contributed by atoms with E-state index in [0.29, 0.717) is 0 Å². The first-order chi connectivity index (χ1) is 40.6. The number of phenols is 4. The lowest BCUT2D eigenvalue weighted by molar-refractivity contribution is -0.268. The lowest BCUT2D eigenvalue weighted by atomic mass is 9.72. The van der Waals surface area contributed by atoms with Gasteiger partial charge in [0.15, 0.2) is 35.7 Å². The number of hydrogen-bond acceptors (Lipinski definition) is 25. The van der Waals surface area contributed by atoms with Gasteiger partial charge in [0.25, 0.3) is 5.91 Å². The number of phenolic OH excluding ortho intramolecular Hbond substituents is 4. The number of nitrogens with two attached hydrogens (primary N) is 1. The first kappa shape index (κ1) is 61.8. The number of aliphatic hydroxyl groups excluding tert-OH is 4. The minimum Gasteiger partial charge on any atom is -0.507 e. The summed E-state index contributed by atoms with van der Waals surface area (Å²) in [6.07, 6.45) is -15.9. The van der Waals surface area contributed by atoms with Crippen molar-refractivity contribution in [1.82, 2.24) is 10.4 Å². The number of benzene rings is 4. The summed E-state index contributed by atoms with van der Waals surface area (Å²) in [6.45, 7) is 4.07. The second-order valence-corrected chi connectivity index (χ2v) is 23.2. The summed E-state index contributed by atoms with van der Waals surface area (Å²) >= 11 is 0. The highest BCUT2D eigenvalue weighted by Gasteiger charge is 2.54. The fourth-order valence-electron chi connectivity index (χ4n) is 13.1. The molecule has 4 aliphatic carbocycles. The van der Waals surface area contributed by atoms with Gasteiger partial charge in [-0.05, 0) is 38.3 Å². The Hall–Kier alpha value is -7.31. The highest BCUT2D eigenvalue weighted by Crippen LogP contribution is 2.55. The number of Topliss-reactive ketones (excluding diaryl/α,β-unsaturated/α-hetero) is 2. The molecule has 460 valence electrons. The van der Waals surface area contributed by atoms with E-state index in [1.807, 2.05) is 0 Å². The van der Waals surface area contributed by atoms with Crippen molar-refractivity contribution in [3.63, 3.8) is 0 Å². The Morgan fingerprint density at radius 3 is 1.49 bits per heavy atom. The van der Waals surface area contributed by atoms with Crippen molar-refractivity contribution in [1.29, 1.82) is 0 Å². The van der Waals surface area contributed by atoms with E-state index in [1.165, 1.54) is 64.5 Å². The lowest BCUT2D eigenvalue weighted by Gasteiger charge is -2.48. The molecule has 86 heavy (non-hydrogen) atoms. The van der Waals surface area contributed by atoms with Crippen LogP contribution in [0.1, 0.15) is 158 Å². The molecule has 0 spiro atoms. The normalized spacial score (nSPS) is 28.8. The Labute approximate surface area is 490 Å². The number of aromatic hydroxyl groups is 4. The summed E-state index contributed by atoms with van der Waals surface area (Å²) < 4.78 is 36.0. The van der Waals surface area contributed by atoms with E-state index in [2.05, 4.69) is 5.43 Å². The van der Waals surface area contributed by atoms with E-state index >= 15 is 0 Å². The molecule has 26 heteroatoms. The number of carbonyl (C=O) groups is 7. The van der Waals surface area contributed by atoms with Gasteiger partial charge in [-0.25, -0.2) is 5.43 Å². The molecule has 2 aliphatic heterocycles. The summed E-state index contributed by atoms with van der Waals surface area (Å²) in [4.78, 5) is 98.5. The van der Waals surface area contributed by atoms with Gasteiger partial charge in [0.05, 0.1) is 96.2 Å². The van der Waals surface area contributed by atoms with Crippen molar-refractivity contribution in [3.8, 4) is 34.5 Å². The second kappa shape index (κ2) is 23.1. The van der Waals surface area contributed by atoms with Crippen LogP contribution in [-0.2, 0) is 46.2 Å². The average Bonchev–Trinajstić information content (AvgIpc) is 0.728. The van der Waals surface area contributed by atoms with E-state index in [1.54, 1.807) is 13.8 Å². The highest BCUT2D eigenvalue weighted by molar-refractivity contribution is 6.32. The molecular formula is C60H67N3O23. The summed E-state index contributed by atoms with van der Waals surface area (Å²) in [5.74, 6) is -10.4. The molecule has 26 nitrogen and oxygen atoms in total. The number of nitrogens with one attached hydrogen (secondary N) is 1. The van der Waals surface area contributed by atoms with Crippen molar-refractivity contribution >= 4 is 40.6 Å². The van der Waals surface area contributed by atoms with Gasteiger partial charge in [-0.1, -0.05) is 38.1 Å². The number of aliphatic hydroxyl groups is 6. The Kier molecular flexibility index (Phi) is 16.6. The van der Waals surface area contributed by atoms with Crippen LogP contribution >= 0.6 is 0 Å². The lowest BCUT2D eigenvalue weighted by Crippen LogP contribution is -2.68. The van der Waals surface area contributed by atoms with Crippen LogP contribution in [0.15, 0.2) is 36.4 Å². The molecule has 0 saturated carbocycles. The largest absolute Gasteiger partial charge is 0.507 e. The van der Waals surface area contributed by atoms with Crippen molar-refractivity contribution in [3.05, 3.63) is 103 Å². The quantitative estimate of drug-likeness (QED) is 0.0471.